The number of carbonyl (C=O) groups is 1. The van der Waals surface area contributed by atoms with E-state index >= 15 is 0 Å². The molecule has 17 heavy (non-hydrogen) atoms. The lowest BCUT2D eigenvalue weighted by Crippen LogP contribution is -2.15. The molecule has 1 rings (SSSR count). The van der Waals surface area contributed by atoms with E-state index in [1.54, 1.807) is 13.8 Å². The van der Waals surface area contributed by atoms with Crippen LogP contribution in [0, 0.1) is 17.3 Å². The molecule has 1 N–H and O–H groups in total. The maximum absolute atomic E-state index is 12.5. The summed E-state index contributed by atoms with van der Waals surface area (Å²) in [6, 6.07) is 0. The number of aliphatic carboxylic acids is 1. The summed E-state index contributed by atoms with van der Waals surface area (Å²) in [4.78, 5) is 10.8. The summed E-state index contributed by atoms with van der Waals surface area (Å²) in [6.45, 7) is 4.61. The summed E-state index contributed by atoms with van der Waals surface area (Å²) in [5.41, 5.74) is -0.653. The summed E-state index contributed by atoms with van der Waals surface area (Å²) in [7, 11) is 0. The quantitative estimate of drug-likeness (QED) is 0.782. The highest BCUT2D eigenvalue weighted by Gasteiger charge is 2.62. The second-order valence-corrected chi connectivity index (χ2v) is 4.62. The molecule has 0 aromatic rings. The van der Waals surface area contributed by atoms with Gasteiger partial charge in [-0.05, 0) is 18.4 Å². The van der Waals surface area contributed by atoms with Crippen LogP contribution in [-0.4, -0.2) is 23.9 Å². The van der Waals surface area contributed by atoms with Crippen LogP contribution >= 0.6 is 0 Å². The van der Waals surface area contributed by atoms with Crippen molar-refractivity contribution in [1.29, 1.82) is 0 Å². The molecule has 0 amide bonds. The van der Waals surface area contributed by atoms with Gasteiger partial charge in [0.1, 0.15) is 0 Å². The van der Waals surface area contributed by atoms with Gasteiger partial charge in [0.2, 0.25) is 0 Å². The van der Waals surface area contributed by atoms with Gasteiger partial charge in [-0.2, -0.15) is 13.2 Å². The van der Waals surface area contributed by atoms with Gasteiger partial charge in [0.15, 0.2) is 5.76 Å². The molecule has 1 aliphatic rings. The summed E-state index contributed by atoms with van der Waals surface area (Å²) in [5, 5.41) is 8.85. The maximum Gasteiger partial charge on any atom is 0.448 e. The molecular formula is C11H15F3O3. The first-order valence-corrected chi connectivity index (χ1v) is 5.27. The molecule has 0 saturated heterocycles. The highest BCUT2D eigenvalue weighted by atomic mass is 19.4. The average Bonchev–Trinajstić information content (AvgIpc) is 2.65. The molecule has 98 valence electrons. The largest absolute Gasteiger partial charge is 0.489 e. The van der Waals surface area contributed by atoms with E-state index in [-0.39, 0.29) is 6.61 Å². The zero-order valence-electron chi connectivity index (χ0n) is 9.84. The van der Waals surface area contributed by atoms with E-state index in [1.807, 2.05) is 0 Å². The molecule has 1 fully saturated rings. The Morgan fingerprint density at radius 3 is 2.29 bits per heavy atom. The fourth-order valence-corrected chi connectivity index (χ4v) is 2.00. The molecule has 1 aliphatic carbocycles. The third-order valence-electron chi connectivity index (χ3n) is 3.09. The number of allylic oxidation sites excluding steroid dienone is 2. The number of carboxylic acids is 1. The van der Waals surface area contributed by atoms with Gasteiger partial charge in [-0.3, -0.25) is 4.79 Å². The molecule has 0 radical (unpaired) electrons. The second kappa shape index (κ2) is 4.23. The highest BCUT2D eigenvalue weighted by molar-refractivity contribution is 5.76. The lowest BCUT2D eigenvalue weighted by molar-refractivity contribution is -0.139. The Balaban J connectivity index is 2.91. The third kappa shape index (κ3) is 2.73. The Morgan fingerprint density at radius 2 is 2.00 bits per heavy atom. The summed E-state index contributed by atoms with van der Waals surface area (Å²) < 4.78 is 42.1. The van der Waals surface area contributed by atoms with Crippen LogP contribution in [-0.2, 0) is 9.53 Å². The number of alkyl halides is 3. The van der Waals surface area contributed by atoms with Crippen molar-refractivity contribution in [3.8, 4) is 0 Å². The number of hydrogen-bond acceptors (Lipinski definition) is 2. The van der Waals surface area contributed by atoms with Crippen molar-refractivity contribution in [2.45, 2.75) is 26.9 Å². The first kappa shape index (κ1) is 13.9. The molecule has 0 bridgehead atoms. The van der Waals surface area contributed by atoms with Crippen molar-refractivity contribution in [3.05, 3.63) is 11.8 Å². The van der Waals surface area contributed by atoms with E-state index in [2.05, 4.69) is 4.74 Å². The van der Waals surface area contributed by atoms with E-state index in [0.717, 1.165) is 6.08 Å². The van der Waals surface area contributed by atoms with Gasteiger partial charge in [0.05, 0.1) is 12.5 Å². The maximum atomic E-state index is 12.5. The Hall–Kier alpha value is -1.20. The minimum Gasteiger partial charge on any atom is -0.489 e. The van der Waals surface area contributed by atoms with Gasteiger partial charge >= 0.3 is 12.1 Å². The molecule has 0 aliphatic heterocycles. The normalized spacial score (nSPS) is 27.8. The van der Waals surface area contributed by atoms with Crippen molar-refractivity contribution < 1.29 is 27.8 Å². The zero-order valence-corrected chi connectivity index (χ0v) is 9.84. The van der Waals surface area contributed by atoms with Crippen molar-refractivity contribution in [2.24, 2.45) is 17.3 Å². The third-order valence-corrected chi connectivity index (χ3v) is 3.09. The molecule has 2 unspecified atom stereocenters. The lowest BCUT2D eigenvalue weighted by Gasteiger charge is -2.12. The SMILES string of the molecule is CCOC(=CC1C(C(=O)O)C1(C)C)C(F)(F)F. The van der Waals surface area contributed by atoms with Crippen LogP contribution in [0.4, 0.5) is 13.2 Å². The van der Waals surface area contributed by atoms with E-state index in [0.29, 0.717) is 0 Å². The van der Waals surface area contributed by atoms with Crippen LogP contribution in [0.1, 0.15) is 20.8 Å². The Labute approximate surface area is 97.3 Å². The van der Waals surface area contributed by atoms with Crippen LogP contribution in [0.2, 0.25) is 0 Å². The van der Waals surface area contributed by atoms with Crippen LogP contribution in [0.3, 0.4) is 0 Å². The molecule has 6 heteroatoms. The minimum absolute atomic E-state index is 0.101. The monoisotopic (exact) mass is 252 g/mol. The van der Waals surface area contributed by atoms with E-state index < -0.39 is 35.2 Å². The molecule has 1 saturated carbocycles. The predicted octanol–water partition coefficient (Wildman–Crippen LogP) is 2.83. The number of rotatable bonds is 4. The fraction of sp³-hybridized carbons (Fsp3) is 0.727. The molecule has 0 heterocycles. The van der Waals surface area contributed by atoms with Gasteiger partial charge in [-0.1, -0.05) is 13.8 Å². The van der Waals surface area contributed by atoms with E-state index in [9.17, 15) is 18.0 Å². The van der Waals surface area contributed by atoms with Crippen molar-refractivity contribution in [2.75, 3.05) is 6.61 Å². The first-order valence-electron chi connectivity index (χ1n) is 5.27. The molecule has 3 nitrogen and oxygen atoms in total. The van der Waals surface area contributed by atoms with Crippen molar-refractivity contribution >= 4 is 5.97 Å². The van der Waals surface area contributed by atoms with Gasteiger partial charge < -0.3 is 9.84 Å². The zero-order chi connectivity index (χ0) is 13.4. The summed E-state index contributed by atoms with van der Waals surface area (Å²) in [5.74, 6) is -3.58. The first-order chi connectivity index (χ1) is 7.62. The van der Waals surface area contributed by atoms with E-state index in [1.165, 1.54) is 6.92 Å². The number of hydrogen-bond donors (Lipinski definition) is 1. The number of carboxylic acid groups (broad SMARTS) is 1. The van der Waals surface area contributed by atoms with Crippen LogP contribution in [0.5, 0.6) is 0 Å². The van der Waals surface area contributed by atoms with Crippen molar-refractivity contribution in [3.63, 3.8) is 0 Å². The van der Waals surface area contributed by atoms with Gasteiger partial charge in [0, 0.05) is 5.92 Å². The van der Waals surface area contributed by atoms with Gasteiger partial charge in [-0.15, -0.1) is 0 Å². The minimum atomic E-state index is -4.57. The summed E-state index contributed by atoms with van der Waals surface area (Å²) >= 11 is 0. The van der Waals surface area contributed by atoms with E-state index in [4.69, 9.17) is 5.11 Å². The summed E-state index contributed by atoms with van der Waals surface area (Å²) in [6.07, 6.45) is -3.68. The Kier molecular flexibility index (Phi) is 3.45. The molecule has 0 aromatic heterocycles. The predicted molar refractivity (Wildman–Crippen MR) is 54.2 cm³/mol. The van der Waals surface area contributed by atoms with Gasteiger partial charge in [-0.25, -0.2) is 0 Å². The highest BCUT2D eigenvalue weighted by Crippen LogP contribution is 2.59. The van der Waals surface area contributed by atoms with Crippen molar-refractivity contribution in [1.82, 2.24) is 0 Å². The molecule has 0 aromatic carbocycles. The van der Waals surface area contributed by atoms with Crippen LogP contribution < -0.4 is 0 Å². The van der Waals surface area contributed by atoms with Crippen LogP contribution in [0.25, 0.3) is 0 Å². The lowest BCUT2D eigenvalue weighted by atomic mass is 10.1. The molecule has 2 atom stereocenters. The van der Waals surface area contributed by atoms with Gasteiger partial charge in [0.25, 0.3) is 0 Å². The fourth-order valence-electron chi connectivity index (χ4n) is 2.00. The molecular weight excluding hydrogens is 237 g/mol. The Morgan fingerprint density at radius 1 is 1.47 bits per heavy atom. The Bertz CT molecular complexity index is 344. The number of halogens is 3. The topological polar surface area (TPSA) is 46.5 Å². The smallest absolute Gasteiger partial charge is 0.448 e. The standard InChI is InChI=1S/C11H15F3O3/c1-4-17-7(11(12,13)14)5-6-8(9(15)16)10(6,2)3/h5-6,8H,4H2,1-3H3,(H,15,16). The van der Waals surface area contributed by atoms with Crippen LogP contribution in [0.15, 0.2) is 11.8 Å². The average molecular weight is 252 g/mol. The second-order valence-electron chi connectivity index (χ2n) is 4.62. The molecule has 0 spiro atoms. The number of ether oxygens (including phenoxy) is 1.